The number of rotatable bonds is 3. The molecule has 1 aliphatic carbocycles. The molecule has 2 rings (SSSR count). The van der Waals surface area contributed by atoms with Gasteiger partial charge in [0.1, 0.15) is 0 Å². The second kappa shape index (κ2) is 5.31. The Kier molecular flexibility index (Phi) is 4.04. The number of nitrogens with two attached hydrogens (primary N) is 1. The van der Waals surface area contributed by atoms with Crippen molar-refractivity contribution in [2.75, 3.05) is 19.6 Å². The first kappa shape index (κ1) is 11.4. The molecule has 0 aromatic carbocycles. The second-order valence-corrected chi connectivity index (χ2v) is 5.47. The Balaban J connectivity index is 1.76. The van der Waals surface area contributed by atoms with Gasteiger partial charge in [0.25, 0.3) is 0 Å². The van der Waals surface area contributed by atoms with Crippen molar-refractivity contribution >= 4 is 0 Å². The van der Waals surface area contributed by atoms with Crippen LogP contribution in [-0.4, -0.2) is 30.6 Å². The Morgan fingerprint density at radius 3 is 2.33 bits per heavy atom. The van der Waals surface area contributed by atoms with Gasteiger partial charge in [-0.25, -0.2) is 0 Å². The first-order valence-corrected chi connectivity index (χ1v) is 6.77. The molecule has 1 saturated heterocycles. The third-order valence-corrected chi connectivity index (χ3v) is 4.56. The van der Waals surface area contributed by atoms with E-state index in [0.29, 0.717) is 0 Å². The van der Waals surface area contributed by atoms with Gasteiger partial charge in [0, 0.05) is 12.6 Å². The summed E-state index contributed by atoms with van der Waals surface area (Å²) in [6.45, 7) is 5.81. The molecule has 1 heterocycles. The van der Waals surface area contributed by atoms with Crippen LogP contribution in [-0.2, 0) is 0 Å². The Bertz CT molecular complexity index is 185. The van der Waals surface area contributed by atoms with Crippen molar-refractivity contribution in [2.24, 2.45) is 17.6 Å². The van der Waals surface area contributed by atoms with E-state index in [9.17, 15) is 0 Å². The molecule has 0 amide bonds. The van der Waals surface area contributed by atoms with Gasteiger partial charge in [-0.1, -0.05) is 13.3 Å². The van der Waals surface area contributed by atoms with Crippen LogP contribution in [0.2, 0.25) is 0 Å². The topological polar surface area (TPSA) is 29.3 Å². The van der Waals surface area contributed by atoms with E-state index in [0.717, 1.165) is 24.4 Å². The van der Waals surface area contributed by atoms with Crippen molar-refractivity contribution in [1.29, 1.82) is 0 Å². The molecule has 2 heteroatoms. The number of hydrogen-bond acceptors (Lipinski definition) is 2. The van der Waals surface area contributed by atoms with Gasteiger partial charge in [-0.05, 0) is 57.0 Å². The van der Waals surface area contributed by atoms with Crippen molar-refractivity contribution < 1.29 is 0 Å². The van der Waals surface area contributed by atoms with Gasteiger partial charge in [0.05, 0.1) is 0 Å². The Morgan fingerprint density at radius 2 is 1.80 bits per heavy atom. The molecule has 0 aromatic heterocycles. The van der Waals surface area contributed by atoms with Gasteiger partial charge in [-0.15, -0.1) is 0 Å². The maximum atomic E-state index is 5.74. The molecule has 1 saturated carbocycles. The summed E-state index contributed by atoms with van der Waals surface area (Å²) in [5, 5.41) is 0. The molecule has 0 aromatic rings. The van der Waals surface area contributed by atoms with Crippen LogP contribution in [0, 0.1) is 11.8 Å². The molecule has 88 valence electrons. The fourth-order valence-electron chi connectivity index (χ4n) is 3.30. The van der Waals surface area contributed by atoms with Crippen LogP contribution >= 0.6 is 0 Å². The molecule has 2 N–H and O–H groups in total. The first-order chi connectivity index (χ1) is 7.33. The van der Waals surface area contributed by atoms with Gasteiger partial charge in [0.2, 0.25) is 0 Å². The van der Waals surface area contributed by atoms with Gasteiger partial charge < -0.3 is 10.6 Å². The average molecular weight is 210 g/mol. The van der Waals surface area contributed by atoms with Crippen LogP contribution in [0.25, 0.3) is 0 Å². The lowest BCUT2D eigenvalue weighted by Crippen LogP contribution is -2.37. The minimum Gasteiger partial charge on any atom is -0.330 e. The highest BCUT2D eigenvalue weighted by atomic mass is 15.2. The van der Waals surface area contributed by atoms with E-state index in [1.807, 2.05) is 0 Å². The molecule has 0 bridgehead atoms. The second-order valence-electron chi connectivity index (χ2n) is 5.47. The maximum Gasteiger partial charge on any atom is 0.00955 e. The third kappa shape index (κ3) is 2.73. The predicted molar refractivity (Wildman–Crippen MR) is 64.8 cm³/mol. The molecular formula is C13H26N2. The van der Waals surface area contributed by atoms with E-state index in [1.54, 1.807) is 0 Å². The van der Waals surface area contributed by atoms with Gasteiger partial charge >= 0.3 is 0 Å². The Hall–Kier alpha value is -0.0800. The fourth-order valence-corrected chi connectivity index (χ4v) is 3.30. The molecule has 2 fully saturated rings. The maximum absolute atomic E-state index is 5.74. The molecule has 15 heavy (non-hydrogen) atoms. The van der Waals surface area contributed by atoms with Crippen molar-refractivity contribution in [3.05, 3.63) is 0 Å². The molecule has 1 aliphatic heterocycles. The van der Waals surface area contributed by atoms with Crippen molar-refractivity contribution in [3.8, 4) is 0 Å². The molecule has 1 atom stereocenters. The van der Waals surface area contributed by atoms with Gasteiger partial charge in [0.15, 0.2) is 0 Å². The predicted octanol–water partition coefficient (Wildman–Crippen LogP) is 2.24. The third-order valence-electron chi connectivity index (χ3n) is 4.56. The van der Waals surface area contributed by atoms with E-state index in [2.05, 4.69) is 11.8 Å². The molecule has 0 spiro atoms. The highest BCUT2D eigenvalue weighted by molar-refractivity contribution is 4.85. The van der Waals surface area contributed by atoms with Crippen molar-refractivity contribution in [3.63, 3.8) is 0 Å². The van der Waals surface area contributed by atoms with E-state index in [1.165, 1.54) is 51.6 Å². The Morgan fingerprint density at radius 1 is 1.07 bits per heavy atom. The SMILES string of the molecule is CCC1CCC(N2CCC(CN)C2)CC1. The number of nitrogens with zero attached hydrogens (tertiary/aromatic N) is 1. The summed E-state index contributed by atoms with van der Waals surface area (Å²) in [5.74, 6) is 1.81. The quantitative estimate of drug-likeness (QED) is 0.774. The van der Waals surface area contributed by atoms with Crippen LogP contribution in [0.4, 0.5) is 0 Å². The van der Waals surface area contributed by atoms with Crippen LogP contribution in [0.15, 0.2) is 0 Å². The van der Waals surface area contributed by atoms with Crippen LogP contribution < -0.4 is 5.73 Å². The summed E-state index contributed by atoms with van der Waals surface area (Å²) in [5.41, 5.74) is 5.74. The lowest BCUT2D eigenvalue weighted by Gasteiger charge is -2.34. The van der Waals surface area contributed by atoms with E-state index >= 15 is 0 Å². The minimum absolute atomic E-state index is 0.786. The number of likely N-dealkylation sites (tertiary alicyclic amines) is 1. The van der Waals surface area contributed by atoms with Crippen molar-refractivity contribution in [2.45, 2.75) is 51.5 Å². The Labute approximate surface area is 94.2 Å². The monoisotopic (exact) mass is 210 g/mol. The average Bonchev–Trinajstić information content (AvgIpc) is 2.78. The molecule has 0 radical (unpaired) electrons. The summed E-state index contributed by atoms with van der Waals surface area (Å²) in [7, 11) is 0. The zero-order valence-corrected chi connectivity index (χ0v) is 10.1. The van der Waals surface area contributed by atoms with Gasteiger partial charge in [-0.2, -0.15) is 0 Å². The minimum atomic E-state index is 0.786. The summed E-state index contributed by atoms with van der Waals surface area (Å²) >= 11 is 0. The van der Waals surface area contributed by atoms with Crippen LogP contribution in [0.1, 0.15) is 45.4 Å². The lowest BCUT2D eigenvalue weighted by molar-refractivity contribution is 0.158. The highest BCUT2D eigenvalue weighted by Gasteiger charge is 2.30. The van der Waals surface area contributed by atoms with Gasteiger partial charge in [-0.3, -0.25) is 0 Å². The molecule has 2 aliphatic rings. The zero-order valence-electron chi connectivity index (χ0n) is 10.1. The molecule has 1 unspecified atom stereocenters. The smallest absolute Gasteiger partial charge is 0.00955 e. The largest absolute Gasteiger partial charge is 0.330 e. The summed E-state index contributed by atoms with van der Waals surface area (Å²) < 4.78 is 0. The van der Waals surface area contributed by atoms with E-state index in [-0.39, 0.29) is 0 Å². The lowest BCUT2D eigenvalue weighted by atomic mass is 9.84. The van der Waals surface area contributed by atoms with E-state index in [4.69, 9.17) is 5.73 Å². The fraction of sp³-hybridized carbons (Fsp3) is 1.00. The normalized spacial score (nSPS) is 38.4. The van der Waals surface area contributed by atoms with Crippen LogP contribution in [0.5, 0.6) is 0 Å². The molecule has 2 nitrogen and oxygen atoms in total. The zero-order chi connectivity index (χ0) is 10.7. The standard InChI is InChI=1S/C13H26N2/c1-2-11-3-5-13(6-4-11)15-8-7-12(9-14)10-15/h11-13H,2-10,14H2,1H3. The van der Waals surface area contributed by atoms with Crippen molar-refractivity contribution in [1.82, 2.24) is 4.90 Å². The highest BCUT2D eigenvalue weighted by Crippen LogP contribution is 2.31. The number of hydrogen-bond donors (Lipinski definition) is 1. The summed E-state index contributed by atoms with van der Waals surface area (Å²) in [6.07, 6.45) is 8.53. The van der Waals surface area contributed by atoms with E-state index < -0.39 is 0 Å². The summed E-state index contributed by atoms with van der Waals surface area (Å²) in [6, 6.07) is 0.893. The first-order valence-electron chi connectivity index (χ1n) is 6.77. The summed E-state index contributed by atoms with van der Waals surface area (Å²) in [4.78, 5) is 2.71. The van der Waals surface area contributed by atoms with Crippen LogP contribution in [0.3, 0.4) is 0 Å². The molecular weight excluding hydrogens is 184 g/mol.